The summed E-state index contributed by atoms with van der Waals surface area (Å²) in [5, 5.41) is 0. The molecule has 1 aromatic carbocycles. The van der Waals surface area contributed by atoms with Crippen LogP contribution in [0.4, 0.5) is 0 Å². The minimum atomic E-state index is 0.290. The van der Waals surface area contributed by atoms with Gasteiger partial charge in [-0.25, -0.2) is 0 Å². The third-order valence-electron chi connectivity index (χ3n) is 4.84. The van der Waals surface area contributed by atoms with Crippen molar-refractivity contribution in [3.63, 3.8) is 0 Å². The average Bonchev–Trinajstić information content (AvgIpc) is 3.28. The fraction of sp³-hybridized carbons (Fsp3) is 0.667. The van der Waals surface area contributed by atoms with Gasteiger partial charge in [0.15, 0.2) is 0 Å². The molecule has 1 aliphatic carbocycles. The Morgan fingerprint density at radius 2 is 1.95 bits per heavy atom. The smallest absolute Gasteiger partial charge is 0.0499 e. The fourth-order valence-electron chi connectivity index (χ4n) is 3.67. The number of likely N-dealkylation sites (tertiary alicyclic amines) is 1. The molecule has 2 fully saturated rings. The second-order valence-electron chi connectivity index (χ2n) is 6.58. The highest BCUT2D eigenvalue weighted by Gasteiger charge is 2.30. The zero-order chi connectivity index (χ0) is 13.9. The Kier molecular flexibility index (Phi) is 4.42. The lowest BCUT2D eigenvalue weighted by Crippen LogP contribution is -2.40. The molecule has 2 nitrogen and oxygen atoms in total. The molecule has 3 rings (SSSR count). The average molecular weight is 272 g/mol. The topological polar surface area (TPSA) is 29.3 Å². The van der Waals surface area contributed by atoms with Crippen molar-refractivity contribution in [3.05, 3.63) is 35.4 Å². The lowest BCUT2D eigenvalue weighted by molar-refractivity contribution is 0.185. The van der Waals surface area contributed by atoms with Gasteiger partial charge in [0, 0.05) is 12.1 Å². The van der Waals surface area contributed by atoms with Crippen LogP contribution >= 0.6 is 0 Å². The zero-order valence-electron chi connectivity index (χ0n) is 12.7. The van der Waals surface area contributed by atoms with Gasteiger partial charge < -0.3 is 5.73 Å². The normalized spacial score (nSPS) is 28.3. The SMILES string of the molecule is CCCN1CCCCC(N)C1c1cccc(C2CC2)c1. The summed E-state index contributed by atoms with van der Waals surface area (Å²) in [6, 6.07) is 9.99. The van der Waals surface area contributed by atoms with Crippen LogP contribution < -0.4 is 5.73 Å². The maximum absolute atomic E-state index is 6.53. The largest absolute Gasteiger partial charge is 0.326 e. The third-order valence-corrected chi connectivity index (χ3v) is 4.84. The van der Waals surface area contributed by atoms with Gasteiger partial charge in [0.05, 0.1) is 0 Å². The summed E-state index contributed by atoms with van der Waals surface area (Å²) in [6.07, 6.45) is 7.70. The van der Waals surface area contributed by atoms with Crippen LogP contribution in [0.15, 0.2) is 24.3 Å². The number of nitrogens with two attached hydrogens (primary N) is 1. The van der Waals surface area contributed by atoms with Crippen molar-refractivity contribution in [3.8, 4) is 0 Å². The second kappa shape index (κ2) is 6.28. The molecule has 1 aromatic rings. The molecule has 2 atom stereocenters. The molecule has 1 heterocycles. The number of benzene rings is 1. The van der Waals surface area contributed by atoms with Crippen LogP contribution in [-0.2, 0) is 0 Å². The van der Waals surface area contributed by atoms with Crippen LogP contribution in [0.3, 0.4) is 0 Å². The Morgan fingerprint density at radius 3 is 2.70 bits per heavy atom. The Balaban J connectivity index is 1.87. The monoisotopic (exact) mass is 272 g/mol. The van der Waals surface area contributed by atoms with E-state index in [2.05, 4.69) is 36.1 Å². The Morgan fingerprint density at radius 1 is 1.15 bits per heavy atom. The summed E-state index contributed by atoms with van der Waals surface area (Å²) < 4.78 is 0. The van der Waals surface area contributed by atoms with E-state index in [-0.39, 0.29) is 0 Å². The van der Waals surface area contributed by atoms with Gasteiger partial charge in [0.1, 0.15) is 0 Å². The number of hydrogen-bond acceptors (Lipinski definition) is 2. The van der Waals surface area contributed by atoms with Crippen molar-refractivity contribution in [2.24, 2.45) is 5.73 Å². The van der Waals surface area contributed by atoms with Crippen molar-refractivity contribution < 1.29 is 0 Å². The number of nitrogens with zero attached hydrogens (tertiary/aromatic N) is 1. The van der Waals surface area contributed by atoms with E-state index in [0.717, 1.165) is 5.92 Å². The molecule has 1 saturated carbocycles. The van der Waals surface area contributed by atoms with Crippen LogP contribution in [0.25, 0.3) is 0 Å². The van der Waals surface area contributed by atoms with Gasteiger partial charge in [-0.2, -0.15) is 0 Å². The summed E-state index contributed by atoms with van der Waals surface area (Å²) >= 11 is 0. The van der Waals surface area contributed by atoms with Gasteiger partial charge in [-0.05, 0) is 62.2 Å². The van der Waals surface area contributed by atoms with Gasteiger partial charge in [-0.1, -0.05) is 37.6 Å². The van der Waals surface area contributed by atoms with Crippen LogP contribution in [0, 0.1) is 0 Å². The standard InChI is InChI=1S/C18H28N2/c1-2-11-20-12-4-3-8-17(19)18(20)16-7-5-6-15(13-16)14-9-10-14/h5-7,13-14,17-18H,2-4,8-12,19H2,1H3. The maximum Gasteiger partial charge on any atom is 0.0499 e. The van der Waals surface area contributed by atoms with Crippen molar-refractivity contribution in [2.45, 2.75) is 63.5 Å². The quantitative estimate of drug-likeness (QED) is 0.902. The minimum absolute atomic E-state index is 0.290. The summed E-state index contributed by atoms with van der Waals surface area (Å²) in [5.74, 6) is 0.830. The summed E-state index contributed by atoms with van der Waals surface area (Å²) in [6.45, 7) is 4.65. The molecule has 0 bridgehead atoms. The predicted molar refractivity (Wildman–Crippen MR) is 84.8 cm³/mol. The highest BCUT2D eigenvalue weighted by Crippen LogP contribution is 2.41. The van der Waals surface area contributed by atoms with Crippen molar-refractivity contribution >= 4 is 0 Å². The lowest BCUT2D eigenvalue weighted by Gasteiger charge is -2.34. The van der Waals surface area contributed by atoms with Gasteiger partial charge in [-0.3, -0.25) is 4.90 Å². The van der Waals surface area contributed by atoms with E-state index in [1.165, 1.54) is 62.7 Å². The first kappa shape index (κ1) is 14.1. The molecule has 20 heavy (non-hydrogen) atoms. The van der Waals surface area contributed by atoms with Crippen molar-refractivity contribution in [1.82, 2.24) is 4.90 Å². The summed E-state index contributed by atoms with van der Waals surface area (Å²) in [5.41, 5.74) is 9.53. The molecule has 1 saturated heterocycles. The molecule has 2 aliphatic rings. The van der Waals surface area contributed by atoms with E-state index in [1.54, 1.807) is 0 Å². The van der Waals surface area contributed by atoms with Gasteiger partial charge in [0.2, 0.25) is 0 Å². The molecule has 0 amide bonds. The molecular formula is C18H28N2. The molecule has 2 N–H and O–H groups in total. The molecule has 110 valence electrons. The molecule has 1 aliphatic heterocycles. The van der Waals surface area contributed by atoms with Crippen LogP contribution in [0.5, 0.6) is 0 Å². The second-order valence-corrected chi connectivity index (χ2v) is 6.58. The fourth-order valence-corrected chi connectivity index (χ4v) is 3.67. The predicted octanol–water partition coefficient (Wildman–Crippen LogP) is 3.83. The van der Waals surface area contributed by atoms with E-state index in [4.69, 9.17) is 5.73 Å². The van der Waals surface area contributed by atoms with E-state index < -0.39 is 0 Å². The van der Waals surface area contributed by atoms with Gasteiger partial charge in [-0.15, -0.1) is 0 Å². The van der Waals surface area contributed by atoms with Crippen molar-refractivity contribution in [1.29, 1.82) is 0 Å². The van der Waals surface area contributed by atoms with Crippen LogP contribution in [0.1, 0.15) is 68.5 Å². The van der Waals surface area contributed by atoms with E-state index in [9.17, 15) is 0 Å². The lowest BCUT2D eigenvalue weighted by atomic mass is 9.94. The first-order valence-electron chi connectivity index (χ1n) is 8.39. The highest BCUT2D eigenvalue weighted by atomic mass is 15.2. The molecule has 0 radical (unpaired) electrons. The summed E-state index contributed by atoms with van der Waals surface area (Å²) in [4.78, 5) is 2.63. The summed E-state index contributed by atoms with van der Waals surface area (Å²) in [7, 11) is 0. The minimum Gasteiger partial charge on any atom is -0.326 e. The van der Waals surface area contributed by atoms with Gasteiger partial charge >= 0.3 is 0 Å². The third kappa shape index (κ3) is 3.07. The maximum atomic E-state index is 6.53. The first-order valence-corrected chi connectivity index (χ1v) is 8.39. The molecule has 0 aromatic heterocycles. The van der Waals surface area contributed by atoms with E-state index in [1.807, 2.05) is 0 Å². The Bertz CT molecular complexity index is 439. The van der Waals surface area contributed by atoms with Crippen molar-refractivity contribution in [2.75, 3.05) is 13.1 Å². The van der Waals surface area contributed by atoms with Gasteiger partial charge in [0.25, 0.3) is 0 Å². The molecule has 2 unspecified atom stereocenters. The zero-order valence-corrected chi connectivity index (χ0v) is 12.7. The molecule has 0 spiro atoms. The van der Waals surface area contributed by atoms with E-state index in [0.29, 0.717) is 12.1 Å². The highest BCUT2D eigenvalue weighted by molar-refractivity contribution is 5.32. The number of rotatable bonds is 4. The first-order chi connectivity index (χ1) is 9.79. The van der Waals surface area contributed by atoms with Crippen LogP contribution in [0.2, 0.25) is 0 Å². The molecule has 2 heteroatoms. The Labute approximate surface area is 123 Å². The number of hydrogen-bond donors (Lipinski definition) is 1. The molecular weight excluding hydrogens is 244 g/mol. The van der Waals surface area contributed by atoms with Crippen LogP contribution in [-0.4, -0.2) is 24.0 Å². The van der Waals surface area contributed by atoms with E-state index >= 15 is 0 Å². The Hall–Kier alpha value is -0.860.